The fourth-order valence-electron chi connectivity index (χ4n) is 5.08. The van der Waals surface area contributed by atoms with Gasteiger partial charge in [-0.2, -0.15) is 13.2 Å². The molecule has 0 saturated carbocycles. The van der Waals surface area contributed by atoms with Gasteiger partial charge in [0.2, 0.25) is 0 Å². The normalized spacial score (nSPS) is 26.0. The second kappa shape index (κ2) is 11.8. The smallest absolute Gasteiger partial charge is 0.352 e. The first-order chi connectivity index (χ1) is 18.4. The Hall–Kier alpha value is -2.67. The van der Waals surface area contributed by atoms with Crippen molar-refractivity contribution in [2.75, 3.05) is 44.8 Å². The molecule has 12 heteroatoms. The third kappa shape index (κ3) is 6.24. The van der Waals surface area contributed by atoms with Gasteiger partial charge in [0.25, 0.3) is 11.8 Å². The summed E-state index contributed by atoms with van der Waals surface area (Å²) in [6.45, 7) is 5.67. The second-order valence-electron chi connectivity index (χ2n) is 10.2. The van der Waals surface area contributed by atoms with Gasteiger partial charge in [0, 0.05) is 56.4 Å². The summed E-state index contributed by atoms with van der Waals surface area (Å²) < 4.78 is 51.2. The van der Waals surface area contributed by atoms with Crippen LogP contribution in [0.25, 0.3) is 0 Å². The summed E-state index contributed by atoms with van der Waals surface area (Å²) >= 11 is 1.47. The van der Waals surface area contributed by atoms with Crippen LogP contribution in [0, 0.1) is 5.92 Å². The zero-order valence-corrected chi connectivity index (χ0v) is 23.2. The number of nitrogens with one attached hydrogen (secondary N) is 2. The minimum absolute atomic E-state index is 0.157. The lowest BCUT2D eigenvalue weighted by atomic mass is 9.77. The van der Waals surface area contributed by atoms with Crippen molar-refractivity contribution < 1.29 is 27.5 Å². The molecule has 3 heterocycles. The molecule has 8 nitrogen and oxygen atoms in total. The van der Waals surface area contributed by atoms with E-state index in [1.54, 1.807) is 17.0 Å². The van der Waals surface area contributed by atoms with Crippen LogP contribution in [0.4, 0.5) is 18.9 Å². The van der Waals surface area contributed by atoms with Gasteiger partial charge in [-0.25, -0.2) is 0 Å². The van der Waals surface area contributed by atoms with Crippen LogP contribution in [-0.2, 0) is 16.1 Å². The highest BCUT2D eigenvalue weighted by molar-refractivity contribution is 7.96. The molecule has 0 spiro atoms. The van der Waals surface area contributed by atoms with Crippen molar-refractivity contribution in [3.63, 3.8) is 0 Å². The van der Waals surface area contributed by atoms with Crippen LogP contribution in [-0.4, -0.2) is 84.0 Å². The van der Waals surface area contributed by atoms with Gasteiger partial charge in [-0.3, -0.25) is 19.3 Å². The predicted molar refractivity (Wildman–Crippen MR) is 144 cm³/mol. The lowest BCUT2D eigenvalue weighted by Crippen LogP contribution is -2.47. The van der Waals surface area contributed by atoms with Crippen LogP contribution in [0.3, 0.4) is 0 Å². The molecule has 2 saturated heterocycles. The maximum atomic E-state index is 14.2. The fraction of sp³-hybridized carbons (Fsp3) is 0.519. The zero-order chi connectivity index (χ0) is 28.4. The van der Waals surface area contributed by atoms with E-state index in [0.717, 1.165) is 25.6 Å². The van der Waals surface area contributed by atoms with E-state index in [-0.39, 0.29) is 17.3 Å². The Kier molecular flexibility index (Phi) is 8.89. The Labute approximate surface area is 230 Å². The number of aromatic nitrogens is 1. The summed E-state index contributed by atoms with van der Waals surface area (Å²) in [5.74, 6) is -2.84. The summed E-state index contributed by atoms with van der Waals surface area (Å²) in [7, 11) is 1.98. The molecule has 2 aliphatic rings. The van der Waals surface area contributed by atoms with E-state index in [0.29, 0.717) is 25.2 Å². The summed E-state index contributed by atoms with van der Waals surface area (Å²) in [5.41, 5.74) is -0.539. The van der Waals surface area contributed by atoms with Crippen molar-refractivity contribution in [3.8, 4) is 0 Å². The summed E-state index contributed by atoms with van der Waals surface area (Å²) in [5, 5.41) is 2.67. The SMILES string of the molecule is CSNCc1ccc([C@H]2[C@H](C(=O)Nc3ccnc(C(=O)N4CCN(C)CC4)c3)O[C@@](C)(C(F)(F)F)[C@H]2C)cc1. The Balaban J connectivity index is 1.56. The Bertz CT molecular complexity index is 1170. The first kappa shape index (κ1) is 29.3. The topological polar surface area (TPSA) is 86.8 Å². The van der Waals surface area contributed by atoms with Gasteiger partial charge < -0.3 is 19.9 Å². The van der Waals surface area contributed by atoms with Gasteiger partial charge in [-0.15, -0.1) is 0 Å². The van der Waals surface area contributed by atoms with E-state index >= 15 is 0 Å². The first-order valence-electron chi connectivity index (χ1n) is 12.8. The third-order valence-corrected chi connectivity index (χ3v) is 8.18. The third-order valence-electron chi connectivity index (χ3n) is 7.75. The Morgan fingerprint density at radius 1 is 1.15 bits per heavy atom. The second-order valence-corrected chi connectivity index (χ2v) is 10.9. The molecule has 0 aliphatic carbocycles. The molecule has 1 aromatic carbocycles. The minimum Gasteiger partial charge on any atom is -0.352 e. The van der Waals surface area contributed by atoms with Crippen LogP contribution >= 0.6 is 11.9 Å². The van der Waals surface area contributed by atoms with E-state index in [9.17, 15) is 22.8 Å². The van der Waals surface area contributed by atoms with Crippen molar-refractivity contribution in [2.45, 2.75) is 44.2 Å². The summed E-state index contributed by atoms with van der Waals surface area (Å²) in [6.07, 6.45) is -2.77. The highest BCUT2D eigenvalue weighted by atomic mass is 32.2. The summed E-state index contributed by atoms with van der Waals surface area (Å²) in [6, 6.07) is 10.1. The summed E-state index contributed by atoms with van der Waals surface area (Å²) in [4.78, 5) is 34.4. The van der Waals surface area contributed by atoms with Crippen molar-refractivity contribution in [1.29, 1.82) is 0 Å². The number of ether oxygens (including phenoxy) is 1. The van der Waals surface area contributed by atoms with Gasteiger partial charge >= 0.3 is 6.18 Å². The van der Waals surface area contributed by atoms with E-state index < -0.39 is 35.6 Å². The van der Waals surface area contributed by atoms with Gasteiger partial charge in [-0.05, 0) is 43.5 Å². The van der Waals surface area contributed by atoms with Crippen LogP contribution in [0.2, 0.25) is 0 Å². The highest BCUT2D eigenvalue weighted by Gasteiger charge is 2.65. The van der Waals surface area contributed by atoms with Crippen molar-refractivity contribution in [2.24, 2.45) is 5.92 Å². The number of benzene rings is 1. The Morgan fingerprint density at radius 2 is 1.82 bits per heavy atom. The molecular formula is C27H34F3N5O3S. The Morgan fingerprint density at radius 3 is 2.44 bits per heavy atom. The first-order valence-corrected chi connectivity index (χ1v) is 14.0. The molecule has 0 bridgehead atoms. The minimum atomic E-state index is -4.68. The molecule has 2 amide bonds. The number of hydrogen-bond donors (Lipinski definition) is 2. The van der Waals surface area contributed by atoms with Crippen LogP contribution in [0.5, 0.6) is 0 Å². The van der Waals surface area contributed by atoms with E-state index in [4.69, 9.17) is 4.74 Å². The van der Waals surface area contributed by atoms with Crippen LogP contribution in [0.1, 0.15) is 41.4 Å². The average molecular weight is 566 g/mol. The number of anilines is 1. The number of hydrogen-bond acceptors (Lipinski definition) is 7. The molecule has 4 atom stereocenters. The lowest BCUT2D eigenvalue weighted by Gasteiger charge is -2.32. The molecule has 4 rings (SSSR count). The molecule has 39 heavy (non-hydrogen) atoms. The maximum Gasteiger partial charge on any atom is 0.417 e. The molecule has 2 aromatic rings. The predicted octanol–water partition coefficient (Wildman–Crippen LogP) is 3.92. The quantitative estimate of drug-likeness (QED) is 0.493. The van der Waals surface area contributed by atoms with Gasteiger partial charge in [-0.1, -0.05) is 43.1 Å². The van der Waals surface area contributed by atoms with E-state index in [1.807, 2.05) is 25.4 Å². The van der Waals surface area contributed by atoms with Gasteiger partial charge in [0.1, 0.15) is 11.8 Å². The van der Waals surface area contributed by atoms with E-state index in [2.05, 4.69) is 19.9 Å². The molecule has 2 N–H and O–H groups in total. The molecule has 1 aromatic heterocycles. The number of carbonyl (C=O) groups excluding carboxylic acids is 2. The van der Waals surface area contributed by atoms with Crippen molar-refractivity contribution >= 4 is 29.4 Å². The molecule has 212 valence electrons. The number of likely N-dealkylation sites (N-methyl/N-ethyl adjacent to an activating group) is 1. The highest BCUT2D eigenvalue weighted by Crippen LogP contribution is 2.53. The molecule has 2 fully saturated rings. The van der Waals surface area contributed by atoms with Gasteiger partial charge in [0.05, 0.1) is 0 Å². The molecule has 0 radical (unpaired) electrons. The number of pyridine rings is 1. The van der Waals surface area contributed by atoms with Crippen LogP contribution in [0.15, 0.2) is 42.6 Å². The number of rotatable bonds is 7. The number of amides is 2. The number of alkyl halides is 3. The molecule has 0 unspecified atom stereocenters. The molecule has 2 aliphatic heterocycles. The number of halogens is 3. The van der Waals surface area contributed by atoms with Crippen molar-refractivity contribution in [3.05, 3.63) is 59.4 Å². The fourth-order valence-corrected chi connectivity index (χ4v) is 5.39. The number of nitrogens with zero attached hydrogens (tertiary/aromatic N) is 3. The number of carbonyl (C=O) groups is 2. The zero-order valence-electron chi connectivity index (χ0n) is 22.4. The van der Waals surface area contributed by atoms with E-state index in [1.165, 1.54) is 37.2 Å². The largest absolute Gasteiger partial charge is 0.417 e. The molecular weight excluding hydrogens is 531 g/mol. The monoisotopic (exact) mass is 565 g/mol. The number of piperazine rings is 1. The van der Waals surface area contributed by atoms with Crippen molar-refractivity contribution in [1.82, 2.24) is 19.5 Å². The standard InChI is InChI=1S/C27H34F3N5O3S/c1-17-22(19-7-5-18(6-8-19)16-32-39-4)23(38-26(17,2)27(28,29)30)24(36)33-20-9-10-31-21(15-20)25(37)35-13-11-34(3)12-14-35/h5-10,15,17,22-23,32H,11-14,16H2,1-4H3,(H,31,33,36)/t17-,22-,23+,26+/m0/s1. The van der Waals surface area contributed by atoms with Crippen LogP contribution < -0.4 is 10.0 Å². The van der Waals surface area contributed by atoms with Gasteiger partial charge in [0.15, 0.2) is 5.60 Å². The lowest BCUT2D eigenvalue weighted by molar-refractivity contribution is -0.272. The average Bonchev–Trinajstić information content (AvgIpc) is 3.19. The maximum absolute atomic E-state index is 14.2.